The third-order valence-electron chi connectivity index (χ3n) is 3.19. The number of rotatable bonds is 3. The lowest BCUT2D eigenvalue weighted by Gasteiger charge is -2.15. The molecule has 1 fully saturated rings. The fraction of sp³-hybridized carbons (Fsp3) is 0.500. The van der Waals surface area contributed by atoms with Gasteiger partial charge < -0.3 is 14.7 Å². The van der Waals surface area contributed by atoms with Gasteiger partial charge in [0, 0.05) is 18.0 Å². The van der Waals surface area contributed by atoms with Crippen LogP contribution >= 0.6 is 39.7 Å². The molecule has 5 nitrogen and oxygen atoms in total. The summed E-state index contributed by atoms with van der Waals surface area (Å²) >= 11 is 4.75. The molecule has 0 saturated carbocycles. The number of likely N-dealkylation sites (tertiary alicyclic amines) is 1. The first-order chi connectivity index (χ1) is 8.95. The Hall–Kier alpha value is -0.790. The van der Waals surface area contributed by atoms with Crippen LogP contribution in [0.4, 0.5) is 0 Å². The normalized spacial score (nSPS) is 17.8. The predicted octanol–water partition coefficient (Wildman–Crippen LogP) is 2.80. The maximum atomic E-state index is 12.4. The van der Waals surface area contributed by atoms with Gasteiger partial charge in [0.05, 0.1) is 17.5 Å². The Balaban J connectivity index is 0.00000200. The van der Waals surface area contributed by atoms with Crippen LogP contribution in [0.3, 0.4) is 0 Å². The second-order valence-electron chi connectivity index (χ2n) is 4.41. The van der Waals surface area contributed by atoms with E-state index in [0.29, 0.717) is 23.6 Å². The quantitative estimate of drug-likeness (QED) is 0.870. The summed E-state index contributed by atoms with van der Waals surface area (Å²) in [6.45, 7) is 2.65. The molecule has 1 aliphatic rings. The fourth-order valence-corrected chi connectivity index (χ4v) is 3.83. The van der Waals surface area contributed by atoms with E-state index < -0.39 is 11.9 Å². The molecule has 0 aromatic carbocycles. The molecule has 2 rings (SSSR count). The molecule has 0 aliphatic carbocycles. The first-order valence-corrected chi connectivity index (χ1v) is 7.41. The van der Waals surface area contributed by atoms with Gasteiger partial charge in [-0.25, -0.2) is 0 Å². The topological polar surface area (TPSA) is 66.8 Å². The first-order valence-electron chi connectivity index (χ1n) is 5.80. The molecular weight excluding hydrogens is 370 g/mol. The van der Waals surface area contributed by atoms with Crippen LogP contribution in [-0.4, -0.2) is 42.1 Å². The molecule has 1 amide bonds. The number of methoxy groups -OCH3 is 1. The number of hydrogen-bond donors (Lipinski definition) is 1. The van der Waals surface area contributed by atoms with Gasteiger partial charge in [0.25, 0.3) is 5.91 Å². The van der Waals surface area contributed by atoms with Crippen LogP contribution in [-0.2, 0) is 4.79 Å². The van der Waals surface area contributed by atoms with E-state index in [4.69, 9.17) is 9.84 Å². The summed E-state index contributed by atoms with van der Waals surface area (Å²) in [6, 6.07) is 0. The maximum absolute atomic E-state index is 12.4. The summed E-state index contributed by atoms with van der Waals surface area (Å²) < 4.78 is 6.04. The molecule has 112 valence electrons. The van der Waals surface area contributed by atoms with Crippen molar-refractivity contribution in [3.05, 3.63) is 14.2 Å². The molecule has 2 heterocycles. The van der Waals surface area contributed by atoms with E-state index >= 15 is 0 Å². The molecule has 1 unspecified atom stereocenters. The number of carbonyl (C=O) groups is 2. The van der Waals surface area contributed by atoms with Gasteiger partial charge in [-0.1, -0.05) is 0 Å². The molecule has 1 N–H and O–H groups in total. The summed E-state index contributed by atoms with van der Waals surface area (Å²) in [6.07, 6.45) is 0.509. The van der Waals surface area contributed by atoms with E-state index in [0.717, 1.165) is 9.35 Å². The average Bonchev–Trinajstić information content (AvgIpc) is 2.95. The molecule has 0 spiro atoms. The molecule has 8 heteroatoms. The standard InChI is InChI=1S/C12H14BrNO4S.ClH/c1-6-8(13)9(18-2)10(19-6)11(15)14-4-3-7(5-14)12(16)17;/h7H,3-5H2,1-2H3,(H,16,17);1H. The highest BCUT2D eigenvalue weighted by atomic mass is 79.9. The van der Waals surface area contributed by atoms with Gasteiger partial charge in [-0.15, -0.1) is 23.7 Å². The monoisotopic (exact) mass is 383 g/mol. The molecular formula is C12H15BrClNO4S. The number of aliphatic carboxylic acids is 1. The van der Waals surface area contributed by atoms with E-state index in [2.05, 4.69) is 15.9 Å². The van der Waals surface area contributed by atoms with Gasteiger partial charge >= 0.3 is 5.97 Å². The fourth-order valence-electron chi connectivity index (χ4n) is 2.12. The van der Waals surface area contributed by atoms with Gasteiger partial charge in [-0.05, 0) is 29.3 Å². The Bertz CT molecular complexity index is 534. The highest BCUT2D eigenvalue weighted by molar-refractivity contribution is 9.10. The first kappa shape index (κ1) is 17.3. The lowest BCUT2D eigenvalue weighted by Crippen LogP contribution is -2.29. The van der Waals surface area contributed by atoms with Gasteiger partial charge in [0.2, 0.25) is 0 Å². The van der Waals surface area contributed by atoms with Gasteiger partial charge in [-0.3, -0.25) is 9.59 Å². The number of carboxylic acid groups (broad SMARTS) is 1. The van der Waals surface area contributed by atoms with Crippen LogP contribution in [0.15, 0.2) is 4.47 Å². The Labute approximate surface area is 135 Å². The van der Waals surface area contributed by atoms with E-state index in [9.17, 15) is 9.59 Å². The summed E-state index contributed by atoms with van der Waals surface area (Å²) in [5.74, 6) is -0.920. The number of aryl methyl sites for hydroxylation is 1. The minimum Gasteiger partial charge on any atom is -0.494 e. The van der Waals surface area contributed by atoms with Crippen molar-refractivity contribution in [3.63, 3.8) is 0 Å². The van der Waals surface area contributed by atoms with Gasteiger partial charge in [-0.2, -0.15) is 0 Å². The third kappa shape index (κ3) is 3.10. The number of hydrogen-bond acceptors (Lipinski definition) is 4. The zero-order chi connectivity index (χ0) is 14.2. The molecule has 1 aromatic heterocycles. The Morgan fingerprint density at radius 2 is 2.15 bits per heavy atom. The van der Waals surface area contributed by atoms with Crippen molar-refractivity contribution in [2.45, 2.75) is 13.3 Å². The smallest absolute Gasteiger partial charge is 0.308 e. The number of thiophene rings is 1. The second-order valence-corrected chi connectivity index (χ2v) is 6.43. The van der Waals surface area contributed by atoms with E-state index in [1.807, 2.05) is 6.92 Å². The number of carboxylic acids is 1. The lowest BCUT2D eigenvalue weighted by atomic mass is 10.1. The van der Waals surface area contributed by atoms with Crippen LogP contribution in [0.1, 0.15) is 21.0 Å². The van der Waals surface area contributed by atoms with Crippen LogP contribution in [0.5, 0.6) is 5.75 Å². The van der Waals surface area contributed by atoms with Gasteiger partial charge in [0.1, 0.15) is 4.88 Å². The summed E-state index contributed by atoms with van der Waals surface area (Å²) in [5, 5.41) is 8.96. The molecule has 1 aliphatic heterocycles. The number of nitrogens with zero attached hydrogens (tertiary/aromatic N) is 1. The molecule has 0 radical (unpaired) electrons. The van der Waals surface area contributed by atoms with Crippen molar-refractivity contribution in [2.75, 3.05) is 20.2 Å². The van der Waals surface area contributed by atoms with Crippen molar-refractivity contribution >= 4 is 51.6 Å². The molecule has 20 heavy (non-hydrogen) atoms. The molecule has 1 atom stereocenters. The van der Waals surface area contributed by atoms with Gasteiger partial charge in [0.15, 0.2) is 5.75 Å². The highest BCUT2D eigenvalue weighted by Crippen LogP contribution is 2.40. The predicted molar refractivity (Wildman–Crippen MR) is 82.2 cm³/mol. The maximum Gasteiger partial charge on any atom is 0.308 e. The van der Waals surface area contributed by atoms with Crippen molar-refractivity contribution < 1.29 is 19.4 Å². The Morgan fingerprint density at radius 1 is 1.50 bits per heavy atom. The van der Waals surface area contributed by atoms with Crippen LogP contribution in [0.2, 0.25) is 0 Å². The Kier molecular flexibility index (Phi) is 5.85. The van der Waals surface area contributed by atoms with E-state index in [-0.39, 0.29) is 24.9 Å². The molecule has 1 aromatic rings. The van der Waals surface area contributed by atoms with Crippen molar-refractivity contribution in [1.82, 2.24) is 4.90 Å². The molecule has 1 saturated heterocycles. The average molecular weight is 385 g/mol. The number of carbonyl (C=O) groups excluding carboxylic acids is 1. The summed E-state index contributed by atoms with van der Waals surface area (Å²) in [5.41, 5.74) is 0. The van der Waals surface area contributed by atoms with E-state index in [1.165, 1.54) is 18.4 Å². The summed E-state index contributed by atoms with van der Waals surface area (Å²) in [7, 11) is 1.52. The SMILES string of the molecule is COc1c(C(=O)N2CCC(C(=O)O)C2)sc(C)c1Br.Cl. The second kappa shape index (κ2) is 6.78. The van der Waals surface area contributed by atoms with Crippen molar-refractivity contribution in [2.24, 2.45) is 5.92 Å². The third-order valence-corrected chi connectivity index (χ3v) is 5.48. The minimum atomic E-state index is -0.842. The number of amides is 1. The highest BCUT2D eigenvalue weighted by Gasteiger charge is 2.33. The van der Waals surface area contributed by atoms with Crippen molar-refractivity contribution in [3.8, 4) is 5.75 Å². The molecule has 0 bridgehead atoms. The van der Waals surface area contributed by atoms with Crippen LogP contribution < -0.4 is 4.74 Å². The summed E-state index contributed by atoms with van der Waals surface area (Å²) in [4.78, 5) is 26.4. The lowest BCUT2D eigenvalue weighted by molar-refractivity contribution is -0.141. The largest absolute Gasteiger partial charge is 0.494 e. The Morgan fingerprint density at radius 3 is 2.65 bits per heavy atom. The van der Waals surface area contributed by atoms with E-state index in [1.54, 1.807) is 4.90 Å². The zero-order valence-corrected chi connectivity index (χ0v) is 14.2. The number of ether oxygens (including phenoxy) is 1. The van der Waals surface area contributed by atoms with Crippen molar-refractivity contribution in [1.29, 1.82) is 0 Å². The minimum absolute atomic E-state index is 0. The zero-order valence-electron chi connectivity index (χ0n) is 11.0. The van der Waals surface area contributed by atoms with Crippen LogP contribution in [0.25, 0.3) is 0 Å². The van der Waals surface area contributed by atoms with Crippen LogP contribution in [0, 0.1) is 12.8 Å². The number of halogens is 2.